The van der Waals surface area contributed by atoms with E-state index in [2.05, 4.69) is 17.9 Å². The lowest BCUT2D eigenvalue weighted by Gasteiger charge is -2.16. The second-order valence-electron chi connectivity index (χ2n) is 2.54. The van der Waals surface area contributed by atoms with Gasteiger partial charge in [-0.1, -0.05) is 18.7 Å². The van der Waals surface area contributed by atoms with E-state index in [1.165, 1.54) is 6.08 Å². The molecule has 80 valence electrons. The summed E-state index contributed by atoms with van der Waals surface area (Å²) in [6.07, 6.45) is -2.82. The average Bonchev–Trinajstić information content (AvgIpc) is 2.08. The van der Waals surface area contributed by atoms with Crippen LogP contribution in [0.2, 0.25) is 0 Å². The van der Waals surface area contributed by atoms with E-state index in [1.54, 1.807) is 0 Å². The zero-order chi connectivity index (χ0) is 11.2. The van der Waals surface area contributed by atoms with Gasteiger partial charge < -0.3 is 4.74 Å². The predicted molar refractivity (Wildman–Crippen MR) is 45.5 cm³/mol. The number of esters is 1. The van der Waals surface area contributed by atoms with Crippen molar-refractivity contribution in [1.82, 2.24) is 0 Å². The topological polar surface area (TPSA) is 26.3 Å². The Bertz CT molecular complexity index is 221. The molecule has 0 aliphatic carbocycles. The van der Waals surface area contributed by atoms with Crippen molar-refractivity contribution in [3.8, 4) is 0 Å². The van der Waals surface area contributed by atoms with Crippen LogP contribution in [-0.2, 0) is 9.53 Å². The van der Waals surface area contributed by atoms with Crippen molar-refractivity contribution >= 4 is 5.97 Å². The molecular formula is C9H11F3O2. The molecule has 0 aromatic carbocycles. The van der Waals surface area contributed by atoms with E-state index in [9.17, 15) is 18.0 Å². The Morgan fingerprint density at radius 1 is 1.36 bits per heavy atom. The molecule has 0 spiro atoms. The molecule has 0 fully saturated rings. The molecule has 1 unspecified atom stereocenters. The van der Waals surface area contributed by atoms with Gasteiger partial charge in [0.25, 0.3) is 0 Å². The molecule has 0 saturated heterocycles. The summed E-state index contributed by atoms with van der Waals surface area (Å²) in [7, 11) is 0. The van der Waals surface area contributed by atoms with Gasteiger partial charge in [-0.3, -0.25) is 4.79 Å². The van der Waals surface area contributed by atoms with E-state index in [0.29, 0.717) is 0 Å². The maximum Gasteiger partial charge on any atom is 0.402 e. The number of hydrogen-bond donors (Lipinski definition) is 0. The third-order valence-corrected chi connectivity index (χ3v) is 1.43. The Balaban J connectivity index is 4.40. The van der Waals surface area contributed by atoms with Crippen molar-refractivity contribution in [1.29, 1.82) is 0 Å². The van der Waals surface area contributed by atoms with Crippen molar-refractivity contribution in [2.24, 2.45) is 5.92 Å². The monoisotopic (exact) mass is 208 g/mol. The van der Waals surface area contributed by atoms with E-state index in [0.717, 1.165) is 6.08 Å². The molecule has 0 amide bonds. The van der Waals surface area contributed by atoms with Crippen LogP contribution in [0.4, 0.5) is 13.2 Å². The normalized spacial score (nSPS) is 13.1. The van der Waals surface area contributed by atoms with Crippen molar-refractivity contribution in [3.05, 3.63) is 25.3 Å². The minimum Gasteiger partial charge on any atom is -0.461 e. The van der Waals surface area contributed by atoms with Crippen LogP contribution in [0.3, 0.4) is 0 Å². The highest BCUT2D eigenvalue weighted by Gasteiger charge is 2.44. The van der Waals surface area contributed by atoms with Gasteiger partial charge in [-0.05, 0) is 6.42 Å². The largest absolute Gasteiger partial charge is 0.461 e. The first-order valence-corrected chi connectivity index (χ1v) is 3.88. The maximum atomic E-state index is 12.2. The van der Waals surface area contributed by atoms with Gasteiger partial charge in [0.15, 0.2) is 5.92 Å². The Morgan fingerprint density at radius 2 is 1.93 bits per heavy atom. The average molecular weight is 208 g/mol. The second kappa shape index (κ2) is 5.47. The molecule has 1 atom stereocenters. The summed E-state index contributed by atoms with van der Waals surface area (Å²) in [5.74, 6) is -3.42. The molecule has 0 aliphatic rings. The van der Waals surface area contributed by atoms with E-state index in [-0.39, 0.29) is 6.61 Å². The summed E-state index contributed by atoms with van der Waals surface area (Å²) in [4.78, 5) is 10.9. The highest BCUT2D eigenvalue weighted by atomic mass is 19.4. The fraction of sp³-hybridized carbons (Fsp3) is 0.444. The molecule has 0 radical (unpaired) electrons. The lowest BCUT2D eigenvalue weighted by Crippen LogP contribution is -2.31. The van der Waals surface area contributed by atoms with Gasteiger partial charge in [-0.25, -0.2) is 0 Å². The standard InChI is InChI=1S/C9H11F3O2/c1-3-5-7(9(10,11)12)8(13)14-6-4-2/h3-4,7H,1-2,5-6H2. The van der Waals surface area contributed by atoms with Gasteiger partial charge in [-0.2, -0.15) is 13.2 Å². The van der Waals surface area contributed by atoms with Crippen LogP contribution in [0.25, 0.3) is 0 Å². The molecule has 5 heteroatoms. The smallest absolute Gasteiger partial charge is 0.402 e. The zero-order valence-corrected chi connectivity index (χ0v) is 7.51. The molecule has 0 aromatic heterocycles. The maximum absolute atomic E-state index is 12.2. The van der Waals surface area contributed by atoms with Gasteiger partial charge in [0.05, 0.1) is 0 Å². The number of halogens is 3. The molecular weight excluding hydrogens is 197 g/mol. The van der Waals surface area contributed by atoms with Gasteiger partial charge in [0.1, 0.15) is 6.61 Å². The van der Waals surface area contributed by atoms with Crippen LogP contribution in [-0.4, -0.2) is 18.8 Å². The number of alkyl halides is 3. The molecule has 0 bridgehead atoms. The lowest BCUT2D eigenvalue weighted by molar-refractivity contribution is -0.196. The van der Waals surface area contributed by atoms with Crippen LogP contribution in [0, 0.1) is 5.92 Å². The number of ether oxygens (including phenoxy) is 1. The summed E-state index contributed by atoms with van der Waals surface area (Å²) in [6.45, 7) is 6.15. The molecule has 0 aromatic rings. The Hall–Kier alpha value is -1.26. The summed E-state index contributed by atoms with van der Waals surface area (Å²) in [5.41, 5.74) is 0. The molecule has 0 rings (SSSR count). The van der Waals surface area contributed by atoms with Crippen LogP contribution >= 0.6 is 0 Å². The van der Waals surface area contributed by atoms with Crippen molar-refractivity contribution in [2.45, 2.75) is 12.6 Å². The molecule has 2 nitrogen and oxygen atoms in total. The highest BCUT2D eigenvalue weighted by Crippen LogP contribution is 2.30. The Morgan fingerprint density at radius 3 is 2.29 bits per heavy atom. The van der Waals surface area contributed by atoms with E-state index < -0.39 is 24.5 Å². The SMILES string of the molecule is C=CCOC(=O)C(CC=C)C(F)(F)F. The summed E-state index contributed by atoms with van der Waals surface area (Å²) in [6, 6.07) is 0. The summed E-state index contributed by atoms with van der Waals surface area (Å²) >= 11 is 0. The van der Waals surface area contributed by atoms with E-state index in [1.807, 2.05) is 0 Å². The minimum absolute atomic E-state index is 0.220. The molecule has 0 aliphatic heterocycles. The summed E-state index contributed by atoms with van der Waals surface area (Å²) < 4.78 is 40.9. The molecule has 0 heterocycles. The van der Waals surface area contributed by atoms with Gasteiger partial charge in [-0.15, -0.1) is 6.58 Å². The van der Waals surface area contributed by atoms with Gasteiger partial charge in [0, 0.05) is 0 Å². The van der Waals surface area contributed by atoms with Crippen LogP contribution in [0.1, 0.15) is 6.42 Å². The van der Waals surface area contributed by atoms with Crippen molar-refractivity contribution < 1.29 is 22.7 Å². The Kier molecular flexibility index (Phi) is 4.97. The molecule has 14 heavy (non-hydrogen) atoms. The molecule has 0 N–H and O–H groups in total. The van der Waals surface area contributed by atoms with Crippen LogP contribution in [0.15, 0.2) is 25.3 Å². The number of carbonyl (C=O) groups excluding carboxylic acids is 1. The first kappa shape index (κ1) is 12.7. The van der Waals surface area contributed by atoms with Crippen molar-refractivity contribution in [3.63, 3.8) is 0 Å². The van der Waals surface area contributed by atoms with E-state index in [4.69, 9.17) is 0 Å². The van der Waals surface area contributed by atoms with Gasteiger partial charge >= 0.3 is 12.1 Å². The van der Waals surface area contributed by atoms with Gasteiger partial charge in [0.2, 0.25) is 0 Å². The lowest BCUT2D eigenvalue weighted by atomic mass is 10.1. The minimum atomic E-state index is -4.59. The number of allylic oxidation sites excluding steroid dienone is 1. The van der Waals surface area contributed by atoms with Crippen LogP contribution in [0.5, 0.6) is 0 Å². The molecule has 0 saturated carbocycles. The third kappa shape index (κ3) is 4.11. The Labute approximate surface area is 80.1 Å². The highest BCUT2D eigenvalue weighted by molar-refractivity contribution is 5.73. The van der Waals surface area contributed by atoms with Crippen LogP contribution < -0.4 is 0 Å². The quantitative estimate of drug-likeness (QED) is 0.512. The number of hydrogen-bond acceptors (Lipinski definition) is 2. The predicted octanol–water partition coefficient (Wildman–Crippen LogP) is 2.47. The third-order valence-electron chi connectivity index (χ3n) is 1.43. The zero-order valence-electron chi connectivity index (χ0n) is 7.51. The number of rotatable bonds is 5. The van der Waals surface area contributed by atoms with E-state index >= 15 is 0 Å². The first-order chi connectivity index (χ1) is 6.43. The second-order valence-corrected chi connectivity index (χ2v) is 2.54. The summed E-state index contributed by atoms with van der Waals surface area (Å²) in [5, 5.41) is 0. The van der Waals surface area contributed by atoms with Crippen molar-refractivity contribution in [2.75, 3.05) is 6.61 Å². The number of carbonyl (C=O) groups is 1. The first-order valence-electron chi connectivity index (χ1n) is 3.88. The fourth-order valence-electron chi connectivity index (χ4n) is 0.772. The fourth-order valence-corrected chi connectivity index (χ4v) is 0.772.